The van der Waals surface area contributed by atoms with Gasteiger partial charge in [0.1, 0.15) is 7.85 Å². The van der Waals surface area contributed by atoms with Gasteiger partial charge < -0.3 is 4.74 Å². The molecule has 0 saturated carbocycles. The summed E-state index contributed by atoms with van der Waals surface area (Å²) >= 11 is 5.44. The first-order chi connectivity index (χ1) is 4.74. The van der Waals surface area contributed by atoms with Crippen LogP contribution in [0.1, 0.15) is 0 Å². The molecule has 0 N–H and O–H groups in total. The quantitative estimate of drug-likeness (QED) is 0.420. The summed E-state index contributed by atoms with van der Waals surface area (Å²) in [4.78, 5) is 7.33. The van der Waals surface area contributed by atoms with Gasteiger partial charge in [0, 0.05) is 6.20 Å². The first-order valence-electron chi connectivity index (χ1n) is 2.56. The highest BCUT2D eigenvalue weighted by Crippen LogP contribution is 2.03. The minimum absolute atomic E-state index is 0.131. The monoisotopic (exact) mass is 154 g/mol. The number of methoxy groups -OCH3 is 1. The van der Waals surface area contributed by atoms with E-state index in [4.69, 9.17) is 24.2 Å². The number of hydrogen-bond donors (Lipinski definition) is 0. The lowest BCUT2D eigenvalue weighted by molar-refractivity contribution is 0.400. The third kappa shape index (κ3) is 1.39. The molecule has 0 aromatic carbocycles. The highest BCUT2D eigenvalue weighted by Gasteiger charge is 1.99. The second-order valence-electron chi connectivity index (χ2n) is 1.60. The SMILES string of the molecule is [B]c1cnc(Cl)nc1OC. The molecule has 1 aromatic rings. The van der Waals surface area contributed by atoms with Gasteiger partial charge in [-0.3, -0.25) is 0 Å². The Labute approximate surface area is 64.8 Å². The molecule has 0 aliphatic carbocycles. The average molecular weight is 154 g/mol. The fourth-order valence-electron chi connectivity index (χ4n) is 0.519. The van der Waals surface area contributed by atoms with Crippen molar-refractivity contribution in [2.45, 2.75) is 0 Å². The molecule has 0 amide bonds. The summed E-state index contributed by atoms with van der Waals surface area (Å²) in [7, 11) is 6.86. The molecule has 0 spiro atoms. The highest BCUT2D eigenvalue weighted by molar-refractivity contribution is 6.34. The molecule has 1 aromatic heterocycles. The summed E-state index contributed by atoms with van der Waals surface area (Å²) in [5.41, 5.74) is 0.381. The highest BCUT2D eigenvalue weighted by atomic mass is 35.5. The van der Waals surface area contributed by atoms with Crippen LogP contribution in [0.4, 0.5) is 0 Å². The van der Waals surface area contributed by atoms with E-state index in [2.05, 4.69) is 9.97 Å². The Morgan fingerprint density at radius 3 is 2.90 bits per heavy atom. The Hall–Kier alpha value is -0.765. The molecular formula is C5H4BClN2O. The Morgan fingerprint density at radius 1 is 1.70 bits per heavy atom. The topological polar surface area (TPSA) is 35.0 Å². The Bertz CT molecular complexity index is 243. The summed E-state index contributed by atoms with van der Waals surface area (Å²) in [5, 5.41) is 0.131. The average Bonchev–Trinajstić information content (AvgIpc) is 1.94. The van der Waals surface area contributed by atoms with E-state index in [-0.39, 0.29) is 5.28 Å². The van der Waals surface area contributed by atoms with Crippen LogP contribution in [0.15, 0.2) is 6.20 Å². The molecule has 3 nitrogen and oxygen atoms in total. The first kappa shape index (κ1) is 7.34. The number of rotatable bonds is 1. The predicted molar refractivity (Wildman–Crippen MR) is 39.0 cm³/mol. The van der Waals surface area contributed by atoms with Crippen LogP contribution in [-0.4, -0.2) is 24.9 Å². The van der Waals surface area contributed by atoms with E-state index in [0.29, 0.717) is 11.3 Å². The fraction of sp³-hybridized carbons (Fsp3) is 0.200. The smallest absolute Gasteiger partial charge is 0.225 e. The summed E-state index contributed by atoms with van der Waals surface area (Å²) in [6.07, 6.45) is 1.40. The van der Waals surface area contributed by atoms with Crippen LogP contribution in [0.2, 0.25) is 5.28 Å². The third-order valence-electron chi connectivity index (χ3n) is 0.944. The van der Waals surface area contributed by atoms with Crippen molar-refractivity contribution >= 4 is 24.9 Å². The van der Waals surface area contributed by atoms with E-state index >= 15 is 0 Å². The molecule has 5 heteroatoms. The van der Waals surface area contributed by atoms with E-state index in [1.54, 1.807) is 0 Å². The van der Waals surface area contributed by atoms with Crippen molar-refractivity contribution in [1.82, 2.24) is 9.97 Å². The van der Waals surface area contributed by atoms with Crippen LogP contribution in [-0.2, 0) is 0 Å². The normalized spacial score (nSPS) is 9.40. The lowest BCUT2D eigenvalue weighted by atomic mass is 10.0. The van der Waals surface area contributed by atoms with Crippen LogP contribution < -0.4 is 10.2 Å². The Morgan fingerprint density at radius 2 is 2.40 bits per heavy atom. The van der Waals surface area contributed by atoms with Gasteiger partial charge in [0.05, 0.1) is 7.11 Å². The van der Waals surface area contributed by atoms with Crippen LogP contribution in [0.25, 0.3) is 0 Å². The zero-order chi connectivity index (χ0) is 7.56. The molecule has 0 aliphatic heterocycles. The molecular weight excluding hydrogens is 150 g/mol. The van der Waals surface area contributed by atoms with Crippen molar-refractivity contribution in [3.05, 3.63) is 11.5 Å². The van der Waals surface area contributed by atoms with Crippen molar-refractivity contribution in [2.24, 2.45) is 0 Å². The summed E-state index contributed by atoms with van der Waals surface area (Å²) in [5.74, 6) is 0.306. The molecule has 0 fully saturated rings. The molecule has 2 radical (unpaired) electrons. The van der Waals surface area contributed by atoms with E-state index < -0.39 is 0 Å². The maximum atomic E-state index is 5.44. The Kier molecular flexibility index (Phi) is 2.11. The third-order valence-corrected chi connectivity index (χ3v) is 1.13. The number of aromatic nitrogens is 2. The number of halogens is 1. The van der Waals surface area contributed by atoms with Crippen molar-refractivity contribution < 1.29 is 4.74 Å². The van der Waals surface area contributed by atoms with Crippen LogP contribution in [0.3, 0.4) is 0 Å². The molecule has 0 unspecified atom stereocenters. The maximum Gasteiger partial charge on any atom is 0.225 e. The van der Waals surface area contributed by atoms with Gasteiger partial charge in [-0.2, -0.15) is 4.98 Å². The van der Waals surface area contributed by atoms with Crippen LogP contribution in [0.5, 0.6) is 5.88 Å². The van der Waals surface area contributed by atoms with E-state index in [9.17, 15) is 0 Å². The molecule has 1 heterocycles. The molecule has 10 heavy (non-hydrogen) atoms. The maximum absolute atomic E-state index is 5.44. The van der Waals surface area contributed by atoms with E-state index in [0.717, 1.165) is 0 Å². The lowest BCUT2D eigenvalue weighted by Gasteiger charge is -2.00. The first-order valence-corrected chi connectivity index (χ1v) is 2.94. The fourth-order valence-corrected chi connectivity index (χ4v) is 0.644. The minimum atomic E-state index is 0.131. The van der Waals surface area contributed by atoms with Gasteiger partial charge in [0.25, 0.3) is 0 Å². The van der Waals surface area contributed by atoms with E-state index in [1.165, 1.54) is 13.3 Å². The summed E-state index contributed by atoms with van der Waals surface area (Å²) in [6.45, 7) is 0. The second-order valence-corrected chi connectivity index (χ2v) is 1.94. The van der Waals surface area contributed by atoms with Gasteiger partial charge in [-0.05, 0) is 17.1 Å². The van der Waals surface area contributed by atoms with Crippen molar-refractivity contribution in [3.8, 4) is 5.88 Å². The van der Waals surface area contributed by atoms with Gasteiger partial charge in [-0.1, -0.05) is 0 Å². The molecule has 50 valence electrons. The van der Waals surface area contributed by atoms with Gasteiger partial charge in [0.2, 0.25) is 11.2 Å². The number of hydrogen-bond acceptors (Lipinski definition) is 3. The lowest BCUT2D eigenvalue weighted by Crippen LogP contribution is -2.10. The zero-order valence-electron chi connectivity index (χ0n) is 5.34. The molecule has 0 atom stereocenters. The molecule has 1 rings (SSSR count). The summed E-state index contributed by atoms with van der Waals surface area (Å²) in [6, 6.07) is 0. The van der Waals surface area contributed by atoms with Gasteiger partial charge >= 0.3 is 0 Å². The predicted octanol–water partition coefficient (Wildman–Crippen LogP) is -0.0676. The summed E-state index contributed by atoms with van der Waals surface area (Å²) < 4.78 is 4.77. The van der Waals surface area contributed by atoms with Crippen LogP contribution >= 0.6 is 11.6 Å². The Balaban J connectivity index is 3.09. The van der Waals surface area contributed by atoms with Gasteiger partial charge in [0.15, 0.2) is 0 Å². The largest absolute Gasteiger partial charge is 0.481 e. The number of ether oxygens (including phenoxy) is 1. The van der Waals surface area contributed by atoms with Crippen molar-refractivity contribution in [2.75, 3.05) is 7.11 Å². The van der Waals surface area contributed by atoms with Crippen molar-refractivity contribution in [1.29, 1.82) is 0 Å². The zero-order valence-corrected chi connectivity index (χ0v) is 6.09. The van der Waals surface area contributed by atoms with Gasteiger partial charge in [-0.15, -0.1) is 0 Å². The molecule has 0 aliphatic rings. The number of nitrogens with zero attached hydrogens (tertiary/aromatic N) is 2. The minimum Gasteiger partial charge on any atom is -0.481 e. The molecule has 0 saturated heterocycles. The standard InChI is InChI=1S/C5H4BClN2O/c1-10-4-3(6)2-8-5(7)9-4/h2H,1H3. The second kappa shape index (κ2) is 2.88. The van der Waals surface area contributed by atoms with Gasteiger partial charge in [-0.25, -0.2) is 4.98 Å². The molecule has 0 bridgehead atoms. The van der Waals surface area contributed by atoms with E-state index in [1.807, 2.05) is 0 Å². The van der Waals surface area contributed by atoms with Crippen LogP contribution in [0, 0.1) is 0 Å². The van der Waals surface area contributed by atoms with Crippen molar-refractivity contribution in [3.63, 3.8) is 0 Å².